The van der Waals surface area contributed by atoms with Crippen LogP contribution in [0, 0.1) is 0 Å². The third-order valence-electron chi connectivity index (χ3n) is 2.34. The number of halogens is 1. The molecule has 13 heavy (non-hydrogen) atoms. The van der Waals surface area contributed by atoms with Gasteiger partial charge in [-0.3, -0.25) is 4.79 Å². The van der Waals surface area contributed by atoms with Gasteiger partial charge in [-0.2, -0.15) is 0 Å². The molecule has 0 saturated carbocycles. The second-order valence-electron chi connectivity index (χ2n) is 3.11. The van der Waals surface area contributed by atoms with Crippen LogP contribution in [-0.2, 0) is 11.2 Å². The van der Waals surface area contributed by atoms with Gasteiger partial charge in [-0.05, 0) is 39.9 Å². The van der Waals surface area contributed by atoms with Crippen molar-refractivity contribution >= 4 is 26.7 Å². The Morgan fingerprint density at radius 1 is 1.23 bits per heavy atom. The maximum Gasteiger partial charge on any atom is 0.147 e. The number of aldehydes is 1. The van der Waals surface area contributed by atoms with Crippen LogP contribution in [0.5, 0.6) is 0 Å². The van der Waals surface area contributed by atoms with Crippen LogP contribution in [-0.4, -0.2) is 6.29 Å². The highest BCUT2D eigenvalue weighted by Gasteiger charge is 2.15. The average Bonchev–Trinajstić information content (AvgIpc) is 2.19. The smallest absolute Gasteiger partial charge is 0.147 e. The number of allylic oxidation sites excluding steroid dienone is 1. The third-order valence-corrected chi connectivity index (χ3v) is 3.28. The van der Waals surface area contributed by atoms with Crippen LogP contribution in [0.15, 0.2) is 29.8 Å². The zero-order chi connectivity index (χ0) is 9.26. The number of rotatable bonds is 1. The van der Waals surface area contributed by atoms with Crippen LogP contribution in [0.4, 0.5) is 0 Å². The molecule has 0 N–H and O–H groups in total. The van der Waals surface area contributed by atoms with E-state index in [2.05, 4.69) is 22.0 Å². The van der Waals surface area contributed by atoms with E-state index in [-0.39, 0.29) is 0 Å². The monoisotopic (exact) mass is 236 g/mol. The maximum absolute atomic E-state index is 10.7. The van der Waals surface area contributed by atoms with Gasteiger partial charge in [0.1, 0.15) is 6.29 Å². The second kappa shape index (κ2) is 3.46. The number of fused-ring (bicyclic) bond motifs is 1. The van der Waals surface area contributed by atoms with Gasteiger partial charge in [0.15, 0.2) is 0 Å². The Kier molecular flexibility index (Phi) is 2.32. The van der Waals surface area contributed by atoms with Gasteiger partial charge in [0.25, 0.3) is 0 Å². The molecule has 0 amide bonds. The molecule has 0 saturated heterocycles. The fourth-order valence-electron chi connectivity index (χ4n) is 1.62. The van der Waals surface area contributed by atoms with Crippen LogP contribution in [0.2, 0.25) is 0 Å². The Labute approximate surface area is 85.6 Å². The Morgan fingerprint density at radius 2 is 2.00 bits per heavy atom. The molecule has 1 aromatic carbocycles. The summed E-state index contributed by atoms with van der Waals surface area (Å²) in [6.45, 7) is 0. The largest absolute Gasteiger partial charge is 0.298 e. The van der Waals surface area contributed by atoms with Crippen LogP contribution in [0.1, 0.15) is 17.5 Å². The molecule has 1 aliphatic carbocycles. The summed E-state index contributed by atoms with van der Waals surface area (Å²) >= 11 is 3.46. The molecule has 0 unspecified atom stereocenters. The molecule has 0 bridgehead atoms. The van der Waals surface area contributed by atoms with E-state index in [0.717, 1.165) is 34.7 Å². The van der Waals surface area contributed by atoms with Crippen molar-refractivity contribution in [3.63, 3.8) is 0 Å². The Hall–Kier alpha value is -0.890. The molecule has 0 spiro atoms. The lowest BCUT2D eigenvalue weighted by molar-refractivity contribution is -0.105. The Morgan fingerprint density at radius 3 is 2.77 bits per heavy atom. The summed E-state index contributed by atoms with van der Waals surface area (Å²) < 4.78 is 0.962. The molecule has 1 aromatic rings. The zero-order valence-corrected chi connectivity index (χ0v) is 8.67. The summed E-state index contributed by atoms with van der Waals surface area (Å²) in [5.74, 6) is 0. The molecule has 0 radical (unpaired) electrons. The van der Waals surface area contributed by atoms with Crippen molar-refractivity contribution in [3.8, 4) is 0 Å². The lowest BCUT2D eigenvalue weighted by atomic mass is 9.93. The molecule has 0 atom stereocenters. The summed E-state index contributed by atoms with van der Waals surface area (Å²) in [5.41, 5.74) is 3.36. The number of carbonyl (C=O) groups is 1. The molecule has 0 aliphatic heterocycles. The predicted molar refractivity (Wildman–Crippen MR) is 56.7 cm³/mol. The molecule has 0 heterocycles. The van der Waals surface area contributed by atoms with Crippen molar-refractivity contribution in [2.45, 2.75) is 12.8 Å². The molecule has 2 rings (SSSR count). The van der Waals surface area contributed by atoms with Crippen molar-refractivity contribution in [1.29, 1.82) is 0 Å². The van der Waals surface area contributed by atoms with Gasteiger partial charge in [0.2, 0.25) is 0 Å². The summed E-state index contributed by atoms with van der Waals surface area (Å²) in [5, 5.41) is 0. The topological polar surface area (TPSA) is 17.1 Å². The normalized spacial score (nSPS) is 15.5. The van der Waals surface area contributed by atoms with Crippen LogP contribution < -0.4 is 0 Å². The van der Waals surface area contributed by atoms with E-state index in [1.54, 1.807) is 0 Å². The number of aryl methyl sites for hydroxylation is 1. The van der Waals surface area contributed by atoms with Gasteiger partial charge in [-0.1, -0.05) is 24.3 Å². The number of hydrogen-bond donors (Lipinski definition) is 0. The van der Waals surface area contributed by atoms with Gasteiger partial charge in [0.05, 0.1) is 0 Å². The first-order chi connectivity index (χ1) is 6.33. The van der Waals surface area contributed by atoms with Gasteiger partial charge in [0, 0.05) is 10.1 Å². The first-order valence-electron chi connectivity index (χ1n) is 4.25. The lowest BCUT2D eigenvalue weighted by Crippen LogP contribution is -2.02. The third kappa shape index (κ3) is 1.46. The summed E-state index contributed by atoms with van der Waals surface area (Å²) in [6, 6.07) is 8.18. The first-order valence-corrected chi connectivity index (χ1v) is 5.04. The fourth-order valence-corrected chi connectivity index (χ4v) is 2.29. The molecular formula is C11H9BrO. The molecule has 1 nitrogen and oxygen atoms in total. The highest BCUT2D eigenvalue weighted by atomic mass is 79.9. The van der Waals surface area contributed by atoms with E-state index >= 15 is 0 Å². The van der Waals surface area contributed by atoms with Gasteiger partial charge >= 0.3 is 0 Å². The van der Waals surface area contributed by atoms with Gasteiger partial charge < -0.3 is 0 Å². The number of carbonyl (C=O) groups excluding carboxylic acids is 1. The van der Waals surface area contributed by atoms with E-state index < -0.39 is 0 Å². The number of hydrogen-bond acceptors (Lipinski definition) is 1. The Balaban J connectivity index is 2.58. The van der Waals surface area contributed by atoms with Crippen molar-refractivity contribution in [2.75, 3.05) is 0 Å². The minimum absolute atomic E-state index is 0.848. The highest BCUT2D eigenvalue weighted by Crippen LogP contribution is 2.34. The molecule has 66 valence electrons. The predicted octanol–water partition coefficient (Wildman–Crippen LogP) is 2.94. The van der Waals surface area contributed by atoms with Crippen molar-refractivity contribution < 1.29 is 4.79 Å². The lowest BCUT2D eigenvalue weighted by Gasteiger charge is -2.16. The van der Waals surface area contributed by atoms with E-state index in [1.165, 1.54) is 5.56 Å². The van der Waals surface area contributed by atoms with Crippen molar-refractivity contribution in [2.24, 2.45) is 0 Å². The minimum atomic E-state index is 0.848. The highest BCUT2D eigenvalue weighted by molar-refractivity contribution is 9.15. The maximum atomic E-state index is 10.7. The number of benzene rings is 1. The van der Waals surface area contributed by atoms with Crippen LogP contribution in [0.3, 0.4) is 0 Å². The average molecular weight is 237 g/mol. The molecular weight excluding hydrogens is 228 g/mol. The first kappa shape index (κ1) is 8.70. The molecule has 0 fully saturated rings. The molecule has 2 heteroatoms. The van der Waals surface area contributed by atoms with Crippen LogP contribution >= 0.6 is 15.9 Å². The fraction of sp³-hybridized carbons (Fsp3) is 0.182. The van der Waals surface area contributed by atoms with Gasteiger partial charge in [-0.25, -0.2) is 0 Å². The molecule has 0 aromatic heterocycles. The van der Waals surface area contributed by atoms with E-state index in [0.29, 0.717) is 0 Å². The minimum Gasteiger partial charge on any atom is -0.298 e. The summed E-state index contributed by atoms with van der Waals surface area (Å²) in [4.78, 5) is 10.7. The zero-order valence-electron chi connectivity index (χ0n) is 7.09. The van der Waals surface area contributed by atoms with Crippen molar-refractivity contribution in [1.82, 2.24) is 0 Å². The summed E-state index contributed by atoms with van der Waals surface area (Å²) in [6.07, 6.45) is 2.76. The van der Waals surface area contributed by atoms with E-state index in [4.69, 9.17) is 0 Å². The van der Waals surface area contributed by atoms with Gasteiger partial charge in [-0.15, -0.1) is 0 Å². The summed E-state index contributed by atoms with van der Waals surface area (Å²) in [7, 11) is 0. The second-order valence-corrected chi connectivity index (χ2v) is 3.91. The van der Waals surface area contributed by atoms with E-state index in [1.807, 2.05) is 18.2 Å². The molecule has 1 aliphatic rings. The Bertz CT molecular complexity index is 379. The van der Waals surface area contributed by atoms with E-state index in [9.17, 15) is 4.79 Å². The van der Waals surface area contributed by atoms with Crippen molar-refractivity contribution in [3.05, 3.63) is 41.0 Å². The SMILES string of the molecule is O=CC1=C(Br)c2ccccc2CC1. The standard InChI is InChI=1S/C11H9BrO/c12-11-9(7-13)6-5-8-3-1-2-4-10(8)11/h1-4,7H,5-6H2. The van der Waals surface area contributed by atoms with Crippen LogP contribution in [0.25, 0.3) is 4.48 Å². The quantitative estimate of drug-likeness (QED) is 0.686.